The summed E-state index contributed by atoms with van der Waals surface area (Å²) in [6, 6.07) is 8.33. The molecular formula is C18H23N3O2S. The molecule has 2 aromatic rings. The molecule has 1 fully saturated rings. The average molecular weight is 345 g/mol. The van der Waals surface area contributed by atoms with Crippen LogP contribution in [0.25, 0.3) is 10.6 Å². The molecule has 0 aliphatic carbocycles. The Bertz CT molecular complexity index is 704. The Morgan fingerprint density at radius 2 is 1.79 bits per heavy atom. The number of hydrogen-bond acceptors (Lipinski definition) is 5. The number of aryl methyl sites for hydroxylation is 1. The van der Waals surface area contributed by atoms with Crippen molar-refractivity contribution < 1.29 is 9.90 Å². The SMILES string of the molecule is CCN1CCN(Cc2ccc(-c3nc(C)c(C(=O)O)s3)cc2)CC1. The predicted octanol–water partition coefficient (Wildman–Crippen LogP) is 2.95. The van der Waals surface area contributed by atoms with Gasteiger partial charge in [-0.2, -0.15) is 0 Å². The van der Waals surface area contributed by atoms with Crippen molar-refractivity contribution in [1.82, 2.24) is 14.8 Å². The predicted molar refractivity (Wildman–Crippen MR) is 96.6 cm³/mol. The van der Waals surface area contributed by atoms with Crippen LogP contribution >= 0.6 is 11.3 Å². The van der Waals surface area contributed by atoms with Gasteiger partial charge >= 0.3 is 5.97 Å². The molecule has 5 nitrogen and oxygen atoms in total. The van der Waals surface area contributed by atoms with E-state index >= 15 is 0 Å². The topological polar surface area (TPSA) is 56.7 Å². The number of nitrogens with zero attached hydrogens (tertiary/aromatic N) is 3. The van der Waals surface area contributed by atoms with Crippen molar-refractivity contribution >= 4 is 17.3 Å². The number of thiazole rings is 1. The van der Waals surface area contributed by atoms with Crippen LogP contribution in [0.2, 0.25) is 0 Å². The fourth-order valence-corrected chi connectivity index (χ4v) is 3.90. The number of piperazine rings is 1. The maximum absolute atomic E-state index is 11.1. The molecule has 6 heteroatoms. The van der Waals surface area contributed by atoms with E-state index in [-0.39, 0.29) is 0 Å². The van der Waals surface area contributed by atoms with E-state index in [0.29, 0.717) is 10.6 Å². The Hall–Kier alpha value is -1.76. The van der Waals surface area contributed by atoms with E-state index in [9.17, 15) is 4.79 Å². The molecule has 3 rings (SSSR count). The quantitative estimate of drug-likeness (QED) is 0.903. The van der Waals surface area contributed by atoms with E-state index in [1.807, 2.05) is 12.1 Å². The summed E-state index contributed by atoms with van der Waals surface area (Å²) in [5.74, 6) is -0.904. The van der Waals surface area contributed by atoms with Crippen LogP contribution in [-0.2, 0) is 6.54 Å². The summed E-state index contributed by atoms with van der Waals surface area (Å²) >= 11 is 1.24. The van der Waals surface area contributed by atoms with Crippen molar-refractivity contribution in [3.05, 3.63) is 40.4 Å². The lowest BCUT2D eigenvalue weighted by atomic mass is 10.1. The van der Waals surface area contributed by atoms with E-state index in [1.54, 1.807) is 6.92 Å². The highest BCUT2D eigenvalue weighted by Gasteiger charge is 2.17. The first kappa shape index (κ1) is 17.1. The van der Waals surface area contributed by atoms with Gasteiger partial charge in [0.25, 0.3) is 0 Å². The molecule has 0 radical (unpaired) electrons. The zero-order chi connectivity index (χ0) is 17.1. The maximum atomic E-state index is 11.1. The van der Waals surface area contributed by atoms with Gasteiger partial charge < -0.3 is 10.0 Å². The van der Waals surface area contributed by atoms with Crippen molar-refractivity contribution in [1.29, 1.82) is 0 Å². The number of carbonyl (C=O) groups is 1. The zero-order valence-electron chi connectivity index (χ0n) is 14.2. The molecule has 0 atom stereocenters. The van der Waals surface area contributed by atoms with Gasteiger partial charge in [-0.3, -0.25) is 4.90 Å². The van der Waals surface area contributed by atoms with Gasteiger partial charge in [0.15, 0.2) is 0 Å². The summed E-state index contributed by atoms with van der Waals surface area (Å²) in [4.78, 5) is 20.8. The van der Waals surface area contributed by atoms with Gasteiger partial charge in [0.05, 0.1) is 5.69 Å². The number of rotatable bonds is 5. The lowest BCUT2D eigenvalue weighted by molar-refractivity contribution is 0.0701. The van der Waals surface area contributed by atoms with Gasteiger partial charge in [0.1, 0.15) is 9.88 Å². The molecule has 1 aromatic heterocycles. The number of aromatic carboxylic acids is 1. The van der Waals surface area contributed by atoms with Gasteiger partial charge in [-0.15, -0.1) is 11.3 Å². The maximum Gasteiger partial charge on any atom is 0.347 e. The Kier molecular flexibility index (Phi) is 5.28. The molecule has 1 aromatic carbocycles. The molecule has 0 unspecified atom stereocenters. The summed E-state index contributed by atoms with van der Waals surface area (Å²) in [6.45, 7) is 10.6. The van der Waals surface area contributed by atoms with Gasteiger partial charge in [0, 0.05) is 38.3 Å². The standard InChI is InChI=1S/C18H23N3O2S/c1-3-20-8-10-21(11-9-20)12-14-4-6-15(7-5-14)17-19-13(2)16(24-17)18(22)23/h4-7H,3,8-12H2,1-2H3,(H,22,23). The summed E-state index contributed by atoms with van der Waals surface area (Å²) < 4.78 is 0. The third-order valence-corrected chi connectivity index (χ3v) is 5.70. The van der Waals surface area contributed by atoms with E-state index in [0.717, 1.165) is 49.8 Å². The first-order valence-corrected chi connectivity index (χ1v) is 9.13. The van der Waals surface area contributed by atoms with Gasteiger partial charge in [-0.05, 0) is 19.0 Å². The highest BCUT2D eigenvalue weighted by molar-refractivity contribution is 7.17. The monoisotopic (exact) mass is 345 g/mol. The molecule has 1 saturated heterocycles. The highest BCUT2D eigenvalue weighted by Crippen LogP contribution is 2.28. The zero-order valence-corrected chi connectivity index (χ0v) is 15.0. The number of carboxylic acids is 1. The first-order valence-electron chi connectivity index (χ1n) is 8.31. The minimum atomic E-state index is -0.904. The molecule has 0 spiro atoms. The lowest BCUT2D eigenvalue weighted by Crippen LogP contribution is -2.45. The van der Waals surface area contributed by atoms with Crippen LogP contribution in [-0.4, -0.2) is 58.6 Å². The second-order valence-corrected chi connectivity index (χ2v) is 7.15. The van der Waals surface area contributed by atoms with Crippen molar-refractivity contribution in [2.45, 2.75) is 20.4 Å². The molecule has 1 N–H and O–H groups in total. The number of aromatic nitrogens is 1. The number of carboxylic acid groups (broad SMARTS) is 1. The lowest BCUT2D eigenvalue weighted by Gasteiger charge is -2.34. The third kappa shape index (κ3) is 3.83. The molecular weight excluding hydrogens is 322 g/mol. The Morgan fingerprint density at radius 3 is 2.33 bits per heavy atom. The Labute approximate surface area is 146 Å². The average Bonchev–Trinajstić information content (AvgIpc) is 2.98. The van der Waals surface area contributed by atoms with E-state index in [1.165, 1.54) is 16.9 Å². The summed E-state index contributed by atoms with van der Waals surface area (Å²) in [5, 5.41) is 9.92. The van der Waals surface area contributed by atoms with Crippen molar-refractivity contribution in [2.24, 2.45) is 0 Å². The molecule has 0 amide bonds. The fraction of sp³-hybridized carbons (Fsp3) is 0.444. The molecule has 128 valence electrons. The highest BCUT2D eigenvalue weighted by atomic mass is 32.1. The molecule has 0 saturated carbocycles. The third-order valence-electron chi connectivity index (χ3n) is 4.51. The van der Waals surface area contributed by atoms with Crippen LogP contribution in [0.1, 0.15) is 27.9 Å². The number of hydrogen-bond donors (Lipinski definition) is 1. The van der Waals surface area contributed by atoms with Crippen LogP contribution in [0.4, 0.5) is 0 Å². The van der Waals surface area contributed by atoms with Gasteiger partial charge in [0.2, 0.25) is 0 Å². The molecule has 2 heterocycles. The summed E-state index contributed by atoms with van der Waals surface area (Å²) in [7, 11) is 0. The van der Waals surface area contributed by atoms with Crippen LogP contribution in [0, 0.1) is 6.92 Å². The van der Waals surface area contributed by atoms with Crippen LogP contribution in [0.15, 0.2) is 24.3 Å². The smallest absolute Gasteiger partial charge is 0.347 e. The number of likely N-dealkylation sites (N-methyl/N-ethyl adjacent to an activating group) is 1. The second-order valence-electron chi connectivity index (χ2n) is 6.15. The van der Waals surface area contributed by atoms with Crippen molar-refractivity contribution in [3.8, 4) is 10.6 Å². The number of benzene rings is 1. The second kappa shape index (κ2) is 7.42. The van der Waals surface area contributed by atoms with E-state index in [2.05, 4.69) is 33.8 Å². The molecule has 24 heavy (non-hydrogen) atoms. The van der Waals surface area contributed by atoms with Crippen LogP contribution in [0.3, 0.4) is 0 Å². The van der Waals surface area contributed by atoms with Crippen LogP contribution in [0.5, 0.6) is 0 Å². The van der Waals surface area contributed by atoms with Gasteiger partial charge in [-0.1, -0.05) is 31.2 Å². The first-order chi connectivity index (χ1) is 11.6. The Balaban J connectivity index is 1.65. The largest absolute Gasteiger partial charge is 0.477 e. The van der Waals surface area contributed by atoms with E-state index < -0.39 is 5.97 Å². The van der Waals surface area contributed by atoms with Crippen molar-refractivity contribution in [3.63, 3.8) is 0 Å². The fourth-order valence-electron chi connectivity index (χ4n) is 2.99. The van der Waals surface area contributed by atoms with Gasteiger partial charge in [-0.25, -0.2) is 9.78 Å². The normalized spacial score (nSPS) is 16.4. The van der Waals surface area contributed by atoms with Crippen molar-refractivity contribution in [2.75, 3.05) is 32.7 Å². The summed E-state index contributed by atoms with van der Waals surface area (Å²) in [5.41, 5.74) is 2.85. The molecule has 1 aliphatic rings. The minimum absolute atomic E-state index is 0.322. The van der Waals surface area contributed by atoms with E-state index in [4.69, 9.17) is 5.11 Å². The Morgan fingerprint density at radius 1 is 1.17 bits per heavy atom. The minimum Gasteiger partial charge on any atom is -0.477 e. The van der Waals surface area contributed by atoms with Crippen LogP contribution < -0.4 is 0 Å². The molecule has 0 bridgehead atoms. The summed E-state index contributed by atoms with van der Waals surface area (Å²) in [6.07, 6.45) is 0. The molecule has 1 aliphatic heterocycles.